The summed E-state index contributed by atoms with van der Waals surface area (Å²) in [5, 5.41) is 11.0. The van der Waals surface area contributed by atoms with Crippen molar-refractivity contribution in [3.63, 3.8) is 0 Å². The molecule has 4 saturated heterocycles. The van der Waals surface area contributed by atoms with Crippen LogP contribution in [0.3, 0.4) is 0 Å². The zero-order chi connectivity index (χ0) is 20.3. The van der Waals surface area contributed by atoms with E-state index in [1.54, 1.807) is 14.2 Å². The van der Waals surface area contributed by atoms with Crippen LogP contribution in [0.5, 0.6) is 0 Å². The molecule has 8 heteroatoms. The molecule has 29 heavy (non-hydrogen) atoms. The van der Waals surface area contributed by atoms with Crippen LogP contribution < -0.4 is 0 Å². The van der Waals surface area contributed by atoms with E-state index < -0.39 is 6.10 Å². The van der Waals surface area contributed by atoms with Crippen molar-refractivity contribution in [1.29, 1.82) is 0 Å². The number of ether oxygens (including phenoxy) is 2. The number of aliphatic hydroxyl groups is 1. The van der Waals surface area contributed by atoms with Crippen LogP contribution in [0, 0.1) is 5.92 Å². The lowest BCUT2D eigenvalue weighted by Gasteiger charge is -2.56. The highest BCUT2D eigenvalue weighted by molar-refractivity contribution is 5.87. The van der Waals surface area contributed by atoms with Gasteiger partial charge >= 0.3 is 0 Å². The fraction of sp³-hybridized carbons (Fsp3) is 0.905. The molecule has 0 aromatic carbocycles. The Morgan fingerprint density at radius 3 is 2.38 bits per heavy atom. The normalized spacial score (nSPS) is 45.3. The van der Waals surface area contributed by atoms with Crippen molar-refractivity contribution in [3.8, 4) is 0 Å². The van der Waals surface area contributed by atoms with Gasteiger partial charge in [-0.1, -0.05) is 0 Å². The summed E-state index contributed by atoms with van der Waals surface area (Å²) in [6, 6.07) is -0.355. The Bertz CT molecular complexity index is 675. The maximum absolute atomic E-state index is 13.5. The van der Waals surface area contributed by atoms with Crippen LogP contribution >= 0.6 is 0 Å². The minimum atomic E-state index is -1.05. The topological polar surface area (TPSA) is 82.5 Å². The fourth-order valence-electron chi connectivity index (χ4n) is 6.73. The quantitative estimate of drug-likeness (QED) is 0.703. The molecule has 5 aliphatic rings. The molecule has 162 valence electrons. The molecule has 5 rings (SSSR count). The van der Waals surface area contributed by atoms with Crippen LogP contribution in [0.25, 0.3) is 0 Å². The monoisotopic (exact) mass is 407 g/mol. The Morgan fingerprint density at radius 1 is 0.862 bits per heavy atom. The predicted molar refractivity (Wildman–Crippen MR) is 104 cm³/mol. The molecular formula is C21H33N3O5. The van der Waals surface area contributed by atoms with Crippen LogP contribution in [0.2, 0.25) is 0 Å². The van der Waals surface area contributed by atoms with Crippen LogP contribution in [-0.2, 0) is 19.1 Å². The first kappa shape index (κ1) is 19.7. The third-order valence-electron chi connectivity index (χ3n) is 8.17. The van der Waals surface area contributed by atoms with Crippen molar-refractivity contribution >= 4 is 11.8 Å². The molecule has 0 radical (unpaired) electrons. The third kappa shape index (κ3) is 2.94. The molecule has 2 amide bonds. The number of rotatable bonds is 2. The molecule has 0 aromatic heterocycles. The van der Waals surface area contributed by atoms with Gasteiger partial charge < -0.3 is 24.4 Å². The van der Waals surface area contributed by atoms with Gasteiger partial charge in [0.2, 0.25) is 5.91 Å². The second kappa shape index (κ2) is 7.48. The number of amides is 2. The van der Waals surface area contributed by atoms with Crippen molar-refractivity contribution < 1.29 is 24.2 Å². The minimum Gasteiger partial charge on any atom is -0.382 e. The Hall–Kier alpha value is -1.22. The van der Waals surface area contributed by atoms with Crippen molar-refractivity contribution in [2.24, 2.45) is 5.92 Å². The number of methoxy groups -OCH3 is 2. The van der Waals surface area contributed by atoms with Gasteiger partial charge in [-0.05, 0) is 44.9 Å². The molecule has 0 bridgehead atoms. The molecule has 8 nitrogen and oxygen atoms in total. The van der Waals surface area contributed by atoms with Crippen LogP contribution in [0.15, 0.2) is 0 Å². The summed E-state index contributed by atoms with van der Waals surface area (Å²) in [5.74, 6) is -0.247. The van der Waals surface area contributed by atoms with E-state index in [-0.39, 0.29) is 54.2 Å². The summed E-state index contributed by atoms with van der Waals surface area (Å²) in [5.41, 5.74) is 0. The molecule has 4 heterocycles. The van der Waals surface area contributed by atoms with Crippen LogP contribution in [0.4, 0.5) is 0 Å². The molecular weight excluding hydrogens is 374 g/mol. The maximum atomic E-state index is 13.5. The van der Waals surface area contributed by atoms with Gasteiger partial charge in [-0.15, -0.1) is 0 Å². The highest BCUT2D eigenvalue weighted by atomic mass is 16.5. The average Bonchev–Trinajstić information content (AvgIpc) is 3.21. The molecule has 1 N–H and O–H groups in total. The minimum absolute atomic E-state index is 0.0205. The van der Waals surface area contributed by atoms with Crippen molar-refractivity contribution in [3.05, 3.63) is 0 Å². The van der Waals surface area contributed by atoms with Gasteiger partial charge in [0.05, 0.1) is 24.2 Å². The van der Waals surface area contributed by atoms with E-state index in [9.17, 15) is 14.7 Å². The Balaban J connectivity index is 1.55. The molecule has 0 aromatic rings. The average molecular weight is 408 g/mol. The number of hydrogen-bond donors (Lipinski definition) is 1. The SMILES string of the molecule is COC1CCC2C(C1)C(=O)N1CCCC1C1N3CCC(OC)CC3C(O)C(=O)N21. The third-order valence-corrected chi connectivity index (χ3v) is 8.17. The van der Waals surface area contributed by atoms with Crippen LogP contribution in [-0.4, -0.2) is 102 Å². The van der Waals surface area contributed by atoms with E-state index in [2.05, 4.69) is 4.90 Å². The van der Waals surface area contributed by atoms with E-state index in [4.69, 9.17) is 9.47 Å². The Labute approximate surface area is 172 Å². The highest BCUT2D eigenvalue weighted by Crippen LogP contribution is 2.44. The molecule has 0 spiro atoms. The lowest BCUT2D eigenvalue weighted by molar-refractivity contribution is -0.187. The largest absolute Gasteiger partial charge is 0.382 e. The summed E-state index contributed by atoms with van der Waals surface area (Å²) >= 11 is 0. The Kier molecular flexibility index (Phi) is 5.09. The number of fused-ring (bicyclic) bond motifs is 7. The van der Waals surface area contributed by atoms with Gasteiger partial charge in [-0.3, -0.25) is 14.5 Å². The van der Waals surface area contributed by atoms with E-state index in [0.29, 0.717) is 12.8 Å². The van der Waals surface area contributed by atoms with E-state index in [1.165, 1.54) is 0 Å². The lowest BCUT2D eigenvalue weighted by Crippen LogP contribution is -2.74. The van der Waals surface area contributed by atoms with E-state index in [1.807, 2.05) is 9.80 Å². The first-order valence-corrected chi connectivity index (χ1v) is 11.2. The molecule has 8 atom stereocenters. The molecule has 4 aliphatic heterocycles. The zero-order valence-corrected chi connectivity index (χ0v) is 17.4. The molecule has 1 aliphatic carbocycles. The lowest BCUT2D eigenvalue weighted by atomic mass is 9.80. The summed E-state index contributed by atoms with van der Waals surface area (Å²) in [6.45, 7) is 1.55. The number of hydrogen-bond acceptors (Lipinski definition) is 6. The number of aliphatic hydroxyl groups excluding tert-OH is 1. The van der Waals surface area contributed by atoms with Gasteiger partial charge in [-0.25, -0.2) is 0 Å². The molecule has 8 unspecified atom stereocenters. The van der Waals surface area contributed by atoms with Gasteiger partial charge in [0.1, 0.15) is 12.3 Å². The van der Waals surface area contributed by atoms with Gasteiger partial charge in [0.25, 0.3) is 5.91 Å². The van der Waals surface area contributed by atoms with Gasteiger partial charge in [-0.2, -0.15) is 0 Å². The number of carbonyl (C=O) groups is 2. The first-order chi connectivity index (χ1) is 14.0. The Morgan fingerprint density at radius 2 is 1.62 bits per heavy atom. The summed E-state index contributed by atoms with van der Waals surface area (Å²) in [4.78, 5) is 33.4. The zero-order valence-electron chi connectivity index (χ0n) is 17.4. The fourth-order valence-corrected chi connectivity index (χ4v) is 6.73. The number of piperidine rings is 1. The highest BCUT2D eigenvalue weighted by Gasteiger charge is 2.59. The van der Waals surface area contributed by atoms with Gasteiger partial charge in [0.15, 0.2) is 0 Å². The molecule has 5 fully saturated rings. The summed E-state index contributed by atoms with van der Waals surface area (Å²) < 4.78 is 11.1. The smallest absolute Gasteiger partial charge is 0.254 e. The first-order valence-electron chi connectivity index (χ1n) is 11.2. The molecule has 1 saturated carbocycles. The maximum Gasteiger partial charge on any atom is 0.254 e. The van der Waals surface area contributed by atoms with Crippen molar-refractivity contribution in [1.82, 2.24) is 14.7 Å². The van der Waals surface area contributed by atoms with Crippen molar-refractivity contribution in [2.75, 3.05) is 27.3 Å². The second-order valence-corrected chi connectivity index (χ2v) is 9.38. The number of nitrogens with zero attached hydrogens (tertiary/aromatic N) is 3. The second-order valence-electron chi connectivity index (χ2n) is 9.38. The number of carbonyl (C=O) groups excluding carboxylic acids is 2. The predicted octanol–water partition coefficient (Wildman–Crippen LogP) is 0.183. The van der Waals surface area contributed by atoms with Crippen LogP contribution in [0.1, 0.15) is 44.9 Å². The van der Waals surface area contributed by atoms with E-state index >= 15 is 0 Å². The van der Waals surface area contributed by atoms with Crippen molar-refractivity contribution in [2.45, 2.75) is 87.5 Å². The van der Waals surface area contributed by atoms with E-state index in [0.717, 1.165) is 45.2 Å². The van der Waals surface area contributed by atoms with Gasteiger partial charge in [0, 0.05) is 39.4 Å². The standard InChI is InChI=1S/C21H33N3O5/c1-28-12-5-6-15-14(10-12)20(26)23-8-3-4-16(23)19-22-9-7-13(29-2)11-17(22)18(25)21(27)24(15)19/h12-19,25H,3-11H2,1-2H3. The summed E-state index contributed by atoms with van der Waals surface area (Å²) in [6.07, 6.45) is 4.65. The summed E-state index contributed by atoms with van der Waals surface area (Å²) in [7, 11) is 3.40.